The number of fused-ring (bicyclic) bond motifs is 1. The van der Waals surface area contributed by atoms with Crippen LogP contribution in [0, 0.1) is 24.7 Å². The van der Waals surface area contributed by atoms with Gasteiger partial charge in [0.25, 0.3) is 5.91 Å². The summed E-state index contributed by atoms with van der Waals surface area (Å²) >= 11 is 0. The van der Waals surface area contributed by atoms with E-state index in [1.54, 1.807) is 0 Å². The van der Waals surface area contributed by atoms with Crippen molar-refractivity contribution in [3.63, 3.8) is 0 Å². The molecule has 1 aliphatic carbocycles. The molecule has 5 heteroatoms. The van der Waals surface area contributed by atoms with Gasteiger partial charge in [0.15, 0.2) is 0 Å². The van der Waals surface area contributed by atoms with E-state index in [9.17, 15) is 9.59 Å². The molecule has 1 unspecified atom stereocenters. The minimum atomic E-state index is 0.137. The maximum absolute atomic E-state index is 12.6. The van der Waals surface area contributed by atoms with Crippen molar-refractivity contribution < 1.29 is 9.59 Å². The number of amides is 2. The number of hydrogen-bond acceptors (Lipinski definition) is 3. The second kappa shape index (κ2) is 5.64. The number of benzene rings is 1. The Hall–Kier alpha value is -1.88. The van der Waals surface area contributed by atoms with Crippen LogP contribution >= 0.6 is 0 Å². The molecule has 0 bridgehead atoms. The molecule has 4 rings (SSSR count). The van der Waals surface area contributed by atoms with Crippen molar-refractivity contribution in [2.24, 2.45) is 17.8 Å². The highest BCUT2D eigenvalue weighted by molar-refractivity contribution is 5.95. The number of carbonyl (C=O) groups excluding carboxylic acids is 2. The average Bonchev–Trinajstić information content (AvgIpc) is 2.98. The molecule has 0 aromatic heterocycles. The largest absolute Gasteiger partial charge is 0.354 e. The second-order valence-corrected chi connectivity index (χ2v) is 7.10. The molecule has 3 aliphatic rings. The zero-order chi connectivity index (χ0) is 16.0. The molecule has 122 valence electrons. The molecule has 1 saturated carbocycles. The molecular formula is C18H23N3O2. The molecule has 3 fully saturated rings. The van der Waals surface area contributed by atoms with E-state index in [4.69, 9.17) is 0 Å². The van der Waals surface area contributed by atoms with Crippen molar-refractivity contribution in [3.05, 3.63) is 35.4 Å². The summed E-state index contributed by atoms with van der Waals surface area (Å²) in [5, 5.41) is 2.87. The standard InChI is InChI=1S/C18H23N3O2/c1-12-4-2-3-5-13(12)18(23)21-9-15-14(16(15)10-21)8-20-7-6-19-17(22)11-20/h2-5,14-16H,6-11H2,1H3,(H,19,22)/t14?,15-,16+. The minimum absolute atomic E-state index is 0.137. The van der Waals surface area contributed by atoms with Gasteiger partial charge in [-0.1, -0.05) is 18.2 Å². The molecule has 0 spiro atoms. The van der Waals surface area contributed by atoms with Gasteiger partial charge in [0.2, 0.25) is 5.91 Å². The predicted molar refractivity (Wildman–Crippen MR) is 87.0 cm³/mol. The molecular weight excluding hydrogens is 290 g/mol. The van der Waals surface area contributed by atoms with Crippen LogP contribution in [0.25, 0.3) is 0 Å². The van der Waals surface area contributed by atoms with Gasteiger partial charge in [-0.25, -0.2) is 0 Å². The van der Waals surface area contributed by atoms with Gasteiger partial charge in [0, 0.05) is 38.3 Å². The topological polar surface area (TPSA) is 52.7 Å². The first-order valence-corrected chi connectivity index (χ1v) is 8.47. The van der Waals surface area contributed by atoms with Crippen molar-refractivity contribution in [1.82, 2.24) is 15.1 Å². The first-order valence-electron chi connectivity index (χ1n) is 8.47. The Morgan fingerprint density at radius 2 is 2.00 bits per heavy atom. The van der Waals surface area contributed by atoms with Crippen molar-refractivity contribution in [2.75, 3.05) is 39.3 Å². The van der Waals surface area contributed by atoms with E-state index in [-0.39, 0.29) is 11.8 Å². The third-order valence-corrected chi connectivity index (χ3v) is 5.62. The zero-order valence-electron chi connectivity index (χ0n) is 13.5. The fourth-order valence-electron chi connectivity index (χ4n) is 4.21. The maximum atomic E-state index is 12.6. The van der Waals surface area contributed by atoms with E-state index in [1.165, 1.54) is 0 Å². The summed E-state index contributed by atoms with van der Waals surface area (Å²) < 4.78 is 0. The lowest BCUT2D eigenvalue weighted by atomic mass is 10.1. The van der Waals surface area contributed by atoms with E-state index < -0.39 is 0 Å². The predicted octanol–water partition coefficient (Wildman–Crippen LogP) is 0.745. The number of nitrogens with one attached hydrogen (secondary N) is 1. The Kier molecular flexibility index (Phi) is 3.60. The van der Waals surface area contributed by atoms with Crippen LogP contribution in [0.2, 0.25) is 0 Å². The summed E-state index contributed by atoms with van der Waals surface area (Å²) in [5.41, 5.74) is 1.88. The van der Waals surface area contributed by atoms with Crippen molar-refractivity contribution >= 4 is 11.8 Å². The number of aryl methyl sites for hydroxylation is 1. The molecule has 2 saturated heterocycles. The molecule has 2 amide bonds. The van der Waals surface area contributed by atoms with E-state index in [1.807, 2.05) is 36.1 Å². The molecule has 3 atom stereocenters. The van der Waals surface area contributed by atoms with Gasteiger partial charge in [-0.3, -0.25) is 14.5 Å². The third-order valence-electron chi connectivity index (χ3n) is 5.62. The summed E-state index contributed by atoms with van der Waals surface area (Å²) in [6, 6.07) is 7.82. The first kappa shape index (κ1) is 14.7. The Balaban J connectivity index is 1.32. The van der Waals surface area contributed by atoms with E-state index in [2.05, 4.69) is 10.2 Å². The Morgan fingerprint density at radius 1 is 1.26 bits per heavy atom. The van der Waals surface area contributed by atoms with Gasteiger partial charge in [0.1, 0.15) is 0 Å². The fourth-order valence-corrected chi connectivity index (χ4v) is 4.21. The molecule has 1 aromatic rings. The minimum Gasteiger partial charge on any atom is -0.354 e. The maximum Gasteiger partial charge on any atom is 0.254 e. The lowest BCUT2D eigenvalue weighted by Gasteiger charge is -2.28. The molecule has 1 aromatic carbocycles. The summed E-state index contributed by atoms with van der Waals surface area (Å²) in [7, 11) is 0. The number of piperazine rings is 1. The van der Waals surface area contributed by atoms with Gasteiger partial charge in [-0.2, -0.15) is 0 Å². The van der Waals surface area contributed by atoms with Crippen LogP contribution in [0.15, 0.2) is 24.3 Å². The third kappa shape index (κ3) is 2.74. The summed E-state index contributed by atoms with van der Waals surface area (Å²) in [5.74, 6) is 2.24. The fraction of sp³-hybridized carbons (Fsp3) is 0.556. The molecule has 23 heavy (non-hydrogen) atoms. The first-order chi connectivity index (χ1) is 11.1. The van der Waals surface area contributed by atoms with Crippen LogP contribution in [-0.4, -0.2) is 60.9 Å². The summed E-state index contributed by atoms with van der Waals surface area (Å²) in [4.78, 5) is 28.4. The highest BCUT2D eigenvalue weighted by Gasteiger charge is 2.56. The van der Waals surface area contributed by atoms with Gasteiger partial charge in [0.05, 0.1) is 6.54 Å². The van der Waals surface area contributed by atoms with Crippen LogP contribution in [0.3, 0.4) is 0 Å². The highest BCUT2D eigenvalue weighted by Crippen LogP contribution is 2.52. The molecule has 2 heterocycles. The number of rotatable bonds is 3. The zero-order valence-corrected chi connectivity index (χ0v) is 13.5. The number of piperidine rings is 1. The number of likely N-dealkylation sites (tertiary alicyclic amines) is 1. The van der Waals surface area contributed by atoms with Crippen LogP contribution in [-0.2, 0) is 4.79 Å². The molecule has 1 N–H and O–H groups in total. The lowest BCUT2D eigenvalue weighted by molar-refractivity contribution is -0.124. The smallest absolute Gasteiger partial charge is 0.254 e. The van der Waals surface area contributed by atoms with Gasteiger partial charge < -0.3 is 10.2 Å². The second-order valence-electron chi connectivity index (χ2n) is 7.10. The Labute approximate surface area is 136 Å². The van der Waals surface area contributed by atoms with Crippen molar-refractivity contribution in [1.29, 1.82) is 0 Å². The number of carbonyl (C=O) groups is 2. The summed E-state index contributed by atoms with van der Waals surface area (Å²) in [6.07, 6.45) is 0. The SMILES string of the molecule is Cc1ccccc1C(=O)N1C[C@@H]2C(CN3CCNC(=O)C3)[C@@H]2C1. The molecule has 5 nitrogen and oxygen atoms in total. The van der Waals surface area contributed by atoms with Crippen LogP contribution in [0.5, 0.6) is 0 Å². The average molecular weight is 313 g/mol. The Morgan fingerprint density at radius 3 is 2.70 bits per heavy atom. The van der Waals surface area contributed by atoms with Crippen molar-refractivity contribution in [2.45, 2.75) is 6.92 Å². The number of nitrogens with zero attached hydrogens (tertiary/aromatic N) is 2. The van der Waals surface area contributed by atoms with Crippen LogP contribution in [0.1, 0.15) is 15.9 Å². The van der Waals surface area contributed by atoms with E-state index in [0.29, 0.717) is 24.3 Å². The summed E-state index contributed by atoms with van der Waals surface area (Å²) in [6.45, 7) is 7.00. The van der Waals surface area contributed by atoms with Crippen molar-refractivity contribution in [3.8, 4) is 0 Å². The monoisotopic (exact) mass is 313 g/mol. The van der Waals surface area contributed by atoms with Gasteiger partial charge >= 0.3 is 0 Å². The van der Waals surface area contributed by atoms with Crippen LogP contribution in [0.4, 0.5) is 0 Å². The van der Waals surface area contributed by atoms with Crippen LogP contribution < -0.4 is 5.32 Å². The molecule has 0 radical (unpaired) electrons. The van der Waals surface area contributed by atoms with E-state index in [0.717, 1.165) is 43.9 Å². The Bertz CT molecular complexity index is 633. The van der Waals surface area contributed by atoms with E-state index >= 15 is 0 Å². The highest BCUT2D eigenvalue weighted by atomic mass is 16.2. The number of hydrogen-bond donors (Lipinski definition) is 1. The lowest BCUT2D eigenvalue weighted by Crippen LogP contribution is -2.48. The molecule has 2 aliphatic heterocycles. The quantitative estimate of drug-likeness (QED) is 0.896. The van der Waals surface area contributed by atoms with Gasteiger partial charge in [-0.05, 0) is 36.3 Å². The normalized spacial score (nSPS) is 30.0. The van der Waals surface area contributed by atoms with Gasteiger partial charge in [-0.15, -0.1) is 0 Å².